The molecule has 0 radical (unpaired) electrons. The smallest absolute Gasteiger partial charge is 0.138 e. The molecule has 0 saturated carbocycles. The quantitative estimate of drug-likeness (QED) is 0.645. The number of pyridine rings is 2. The molecule has 0 saturated heterocycles. The van der Waals surface area contributed by atoms with Crippen molar-refractivity contribution in [3.05, 3.63) is 52.6 Å². The first-order valence-corrected chi connectivity index (χ1v) is 5.97. The second-order valence-corrected chi connectivity index (χ2v) is 4.44. The van der Waals surface area contributed by atoms with Crippen molar-refractivity contribution in [2.75, 3.05) is 0 Å². The highest BCUT2D eigenvalue weighted by Crippen LogP contribution is 2.24. The van der Waals surface area contributed by atoms with E-state index < -0.39 is 0 Å². The zero-order valence-corrected chi connectivity index (χ0v) is 10.5. The molecule has 3 aromatic rings. The lowest BCUT2D eigenvalue weighted by Gasteiger charge is -1.96. The highest BCUT2D eigenvalue weighted by molar-refractivity contribution is 14.1. The molecule has 0 aliphatic carbocycles. The highest BCUT2D eigenvalue weighted by atomic mass is 127. The van der Waals surface area contributed by atoms with Crippen LogP contribution in [0.5, 0.6) is 0 Å². The lowest BCUT2D eigenvalue weighted by molar-refractivity contribution is 1.15. The molecule has 78 valence electrons. The van der Waals surface area contributed by atoms with Gasteiger partial charge in [0.05, 0.1) is 0 Å². The number of hydrogen-bond donors (Lipinski definition) is 0. The van der Waals surface area contributed by atoms with Gasteiger partial charge >= 0.3 is 0 Å². The van der Waals surface area contributed by atoms with Gasteiger partial charge in [0.15, 0.2) is 0 Å². The lowest BCUT2D eigenvalue weighted by atomic mass is 10.2. The van der Waals surface area contributed by atoms with Crippen molar-refractivity contribution in [1.29, 1.82) is 0 Å². The summed E-state index contributed by atoms with van der Waals surface area (Å²) in [5.41, 5.74) is 3.08. The molecule has 3 aromatic heterocycles. The molecule has 0 unspecified atom stereocenters. The summed E-state index contributed by atoms with van der Waals surface area (Å²) in [6.07, 6.45) is 5.60. The van der Waals surface area contributed by atoms with E-state index in [-0.39, 0.29) is 0 Å². The van der Waals surface area contributed by atoms with Crippen LogP contribution in [-0.4, -0.2) is 14.4 Å². The molecule has 0 aliphatic rings. The molecule has 0 spiro atoms. The van der Waals surface area contributed by atoms with Gasteiger partial charge in [0.25, 0.3) is 0 Å². The number of halogens is 1. The molecule has 0 atom stereocenters. The fourth-order valence-corrected chi connectivity index (χ4v) is 2.50. The zero-order valence-electron chi connectivity index (χ0n) is 8.34. The van der Waals surface area contributed by atoms with Crippen LogP contribution in [0.2, 0.25) is 0 Å². The van der Waals surface area contributed by atoms with Crippen molar-refractivity contribution >= 4 is 28.2 Å². The van der Waals surface area contributed by atoms with Crippen molar-refractivity contribution in [3.8, 4) is 11.3 Å². The van der Waals surface area contributed by atoms with Crippen molar-refractivity contribution in [2.24, 2.45) is 0 Å². The van der Waals surface area contributed by atoms with Crippen LogP contribution in [0.25, 0.3) is 16.9 Å². The Kier molecular flexibility index (Phi) is 2.36. The van der Waals surface area contributed by atoms with Gasteiger partial charge in [-0.25, -0.2) is 4.98 Å². The third-order valence-corrected chi connectivity index (χ3v) is 3.46. The predicted molar refractivity (Wildman–Crippen MR) is 71.1 cm³/mol. The summed E-state index contributed by atoms with van der Waals surface area (Å²) in [6.45, 7) is 0. The number of fused-ring (bicyclic) bond motifs is 1. The molecule has 4 heteroatoms. The van der Waals surface area contributed by atoms with Gasteiger partial charge in [0.2, 0.25) is 0 Å². The van der Waals surface area contributed by atoms with Gasteiger partial charge in [-0.1, -0.05) is 6.07 Å². The van der Waals surface area contributed by atoms with Crippen LogP contribution in [-0.2, 0) is 0 Å². The van der Waals surface area contributed by atoms with Crippen LogP contribution < -0.4 is 0 Å². The monoisotopic (exact) mass is 321 g/mol. The minimum absolute atomic E-state index is 0.971. The Morgan fingerprint density at radius 2 is 1.88 bits per heavy atom. The van der Waals surface area contributed by atoms with Crippen LogP contribution in [0.4, 0.5) is 0 Å². The molecule has 0 bridgehead atoms. The Balaban J connectivity index is 2.29. The van der Waals surface area contributed by atoms with E-state index in [2.05, 4.69) is 37.0 Å². The first-order chi connectivity index (χ1) is 7.86. The number of imidazole rings is 1. The van der Waals surface area contributed by atoms with Gasteiger partial charge in [0, 0.05) is 24.2 Å². The minimum Gasteiger partial charge on any atom is -0.294 e. The summed E-state index contributed by atoms with van der Waals surface area (Å²) in [5, 5.41) is 0. The Morgan fingerprint density at radius 3 is 2.62 bits per heavy atom. The van der Waals surface area contributed by atoms with Crippen LogP contribution in [0.1, 0.15) is 0 Å². The van der Waals surface area contributed by atoms with Crippen molar-refractivity contribution in [3.63, 3.8) is 0 Å². The van der Waals surface area contributed by atoms with Crippen LogP contribution in [0, 0.1) is 3.70 Å². The maximum atomic E-state index is 4.61. The topological polar surface area (TPSA) is 30.2 Å². The van der Waals surface area contributed by atoms with Crippen molar-refractivity contribution < 1.29 is 0 Å². The van der Waals surface area contributed by atoms with Crippen molar-refractivity contribution in [2.45, 2.75) is 0 Å². The summed E-state index contributed by atoms with van der Waals surface area (Å²) in [4.78, 5) is 8.63. The number of nitrogens with zero attached hydrogens (tertiary/aromatic N) is 3. The lowest BCUT2D eigenvalue weighted by Crippen LogP contribution is -1.85. The SMILES string of the molecule is Ic1c(-c2ccncc2)nc2ccccn12. The molecule has 0 aliphatic heterocycles. The minimum atomic E-state index is 0.971. The summed E-state index contributed by atoms with van der Waals surface area (Å²) in [7, 11) is 0. The maximum Gasteiger partial charge on any atom is 0.138 e. The zero-order chi connectivity index (χ0) is 11.0. The van der Waals surface area contributed by atoms with Crippen LogP contribution >= 0.6 is 22.6 Å². The first kappa shape index (κ1) is 9.77. The first-order valence-electron chi connectivity index (χ1n) is 4.89. The molecule has 3 nitrogen and oxygen atoms in total. The predicted octanol–water partition coefficient (Wildman–Crippen LogP) is 3.00. The largest absolute Gasteiger partial charge is 0.294 e. The number of hydrogen-bond acceptors (Lipinski definition) is 2. The molecule has 0 N–H and O–H groups in total. The van der Waals surface area contributed by atoms with Gasteiger partial charge in [-0.3, -0.25) is 9.38 Å². The maximum absolute atomic E-state index is 4.61. The van der Waals surface area contributed by atoms with E-state index in [1.165, 1.54) is 0 Å². The Labute approximate surface area is 106 Å². The molecular weight excluding hydrogens is 313 g/mol. The molecule has 3 rings (SSSR count). The standard InChI is InChI=1S/C12H8IN3/c13-12-11(9-4-6-14-7-5-9)15-10-3-1-2-8-16(10)12/h1-8H. The molecule has 3 heterocycles. The van der Waals surface area contributed by atoms with Crippen molar-refractivity contribution in [1.82, 2.24) is 14.4 Å². The van der Waals surface area contributed by atoms with E-state index in [9.17, 15) is 0 Å². The Bertz CT molecular complexity index is 631. The molecular formula is C12H8IN3. The second kappa shape index (κ2) is 3.86. The number of rotatable bonds is 1. The second-order valence-electron chi connectivity index (χ2n) is 3.42. The van der Waals surface area contributed by atoms with Crippen LogP contribution in [0.15, 0.2) is 48.9 Å². The third kappa shape index (κ3) is 1.49. The highest BCUT2D eigenvalue weighted by Gasteiger charge is 2.10. The van der Waals surface area contributed by atoms with E-state index in [0.29, 0.717) is 0 Å². The average molecular weight is 321 g/mol. The van der Waals surface area contributed by atoms with E-state index >= 15 is 0 Å². The van der Waals surface area contributed by atoms with E-state index in [1.54, 1.807) is 12.4 Å². The third-order valence-electron chi connectivity index (χ3n) is 2.43. The molecule has 0 fully saturated rings. The number of aromatic nitrogens is 3. The fourth-order valence-electron chi connectivity index (χ4n) is 1.66. The van der Waals surface area contributed by atoms with E-state index in [0.717, 1.165) is 20.6 Å². The Morgan fingerprint density at radius 1 is 1.06 bits per heavy atom. The summed E-state index contributed by atoms with van der Waals surface area (Å²) >= 11 is 2.32. The van der Waals surface area contributed by atoms with Gasteiger partial charge < -0.3 is 0 Å². The summed E-state index contributed by atoms with van der Waals surface area (Å²) < 4.78 is 3.20. The summed E-state index contributed by atoms with van der Waals surface area (Å²) in [5.74, 6) is 0. The average Bonchev–Trinajstić information content (AvgIpc) is 2.69. The van der Waals surface area contributed by atoms with Gasteiger partial charge in [0.1, 0.15) is 15.0 Å². The molecule has 0 amide bonds. The van der Waals surface area contributed by atoms with E-state index in [4.69, 9.17) is 0 Å². The van der Waals surface area contributed by atoms with Crippen LogP contribution in [0.3, 0.4) is 0 Å². The summed E-state index contributed by atoms with van der Waals surface area (Å²) in [6, 6.07) is 9.96. The molecule has 16 heavy (non-hydrogen) atoms. The van der Waals surface area contributed by atoms with Gasteiger partial charge in [-0.15, -0.1) is 0 Å². The van der Waals surface area contributed by atoms with Gasteiger partial charge in [-0.05, 0) is 46.9 Å². The van der Waals surface area contributed by atoms with Gasteiger partial charge in [-0.2, -0.15) is 0 Å². The fraction of sp³-hybridized carbons (Fsp3) is 0. The van der Waals surface area contributed by atoms with E-state index in [1.807, 2.05) is 36.5 Å². The molecule has 0 aromatic carbocycles. The Hall–Kier alpha value is -1.43. The normalized spacial score (nSPS) is 10.8.